The minimum atomic E-state index is -0.542. The van der Waals surface area contributed by atoms with E-state index >= 15 is 0 Å². The molecule has 7 nitrogen and oxygen atoms in total. The van der Waals surface area contributed by atoms with Crippen LogP contribution in [-0.2, 0) is 14.4 Å². The predicted molar refractivity (Wildman–Crippen MR) is 111 cm³/mol. The zero-order valence-corrected chi connectivity index (χ0v) is 17.0. The van der Waals surface area contributed by atoms with Crippen LogP contribution in [0.1, 0.15) is 12.0 Å². The summed E-state index contributed by atoms with van der Waals surface area (Å²) in [5.41, 5.74) is 2.08. The van der Waals surface area contributed by atoms with Crippen molar-refractivity contribution in [3.63, 3.8) is 0 Å². The molecular formula is C21H22ClN3O4. The van der Waals surface area contributed by atoms with Crippen molar-refractivity contribution in [1.82, 2.24) is 5.32 Å². The molecule has 1 aliphatic rings. The first kappa shape index (κ1) is 20.7. The lowest BCUT2D eigenvalue weighted by Gasteiger charge is -2.18. The number of ether oxygens (including phenoxy) is 1. The Balaban J connectivity index is 1.56. The van der Waals surface area contributed by atoms with Crippen LogP contribution in [0.2, 0.25) is 5.02 Å². The number of anilines is 2. The van der Waals surface area contributed by atoms with Crippen molar-refractivity contribution in [2.75, 3.05) is 30.4 Å². The highest BCUT2D eigenvalue weighted by atomic mass is 35.5. The first-order valence-electron chi connectivity index (χ1n) is 9.16. The van der Waals surface area contributed by atoms with Crippen molar-refractivity contribution in [3.05, 3.63) is 53.1 Å². The monoisotopic (exact) mass is 415 g/mol. The first-order valence-corrected chi connectivity index (χ1v) is 9.54. The van der Waals surface area contributed by atoms with Gasteiger partial charge < -0.3 is 20.3 Å². The van der Waals surface area contributed by atoms with Gasteiger partial charge in [0.25, 0.3) is 0 Å². The third-order valence-electron chi connectivity index (χ3n) is 4.69. The zero-order chi connectivity index (χ0) is 21.0. The Labute approximate surface area is 174 Å². The molecule has 0 aromatic heterocycles. The molecule has 2 aromatic rings. The highest BCUT2D eigenvalue weighted by molar-refractivity contribution is 6.33. The Kier molecular flexibility index (Phi) is 6.39. The number of para-hydroxylation sites is 1. The van der Waals surface area contributed by atoms with E-state index < -0.39 is 5.92 Å². The molecule has 0 saturated carbocycles. The second kappa shape index (κ2) is 8.96. The van der Waals surface area contributed by atoms with E-state index in [1.54, 1.807) is 36.4 Å². The number of nitrogens with zero attached hydrogens (tertiary/aromatic N) is 1. The van der Waals surface area contributed by atoms with E-state index in [9.17, 15) is 14.4 Å². The van der Waals surface area contributed by atoms with Gasteiger partial charge in [0, 0.05) is 13.0 Å². The van der Waals surface area contributed by atoms with E-state index in [2.05, 4.69) is 10.6 Å². The van der Waals surface area contributed by atoms with Gasteiger partial charge in [-0.05, 0) is 36.8 Å². The smallest absolute Gasteiger partial charge is 0.243 e. The van der Waals surface area contributed by atoms with Crippen LogP contribution in [0.25, 0.3) is 0 Å². The lowest BCUT2D eigenvalue weighted by Crippen LogP contribution is -2.38. The Morgan fingerprint density at radius 2 is 2.00 bits per heavy atom. The molecule has 1 heterocycles. The van der Waals surface area contributed by atoms with E-state index in [1.807, 2.05) is 13.0 Å². The fraction of sp³-hybridized carbons (Fsp3) is 0.286. The lowest BCUT2D eigenvalue weighted by atomic mass is 10.1. The van der Waals surface area contributed by atoms with Crippen molar-refractivity contribution in [3.8, 4) is 5.75 Å². The number of carbonyl (C=O) groups excluding carboxylic acids is 3. The van der Waals surface area contributed by atoms with Gasteiger partial charge in [0.15, 0.2) is 0 Å². The Morgan fingerprint density at radius 1 is 1.24 bits per heavy atom. The molecule has 1 atom stereocenters. The highest BCUT2D eigenvalue weighted by Crippen LogP contribution is 2.31. The molecule has 1 aliphatic heterocycles. The van der Waals surface area contributed by atoms with E-state index in [1.165, 1.54) is 12.0 Å². The summed E-state index contributed by atoms with van der Waals surface area (Å²) in [4.78, 5) is 38.5. The van der Waals surface area contributed by atoms with Crippen LogP contribution in [-0.4, -0.2) is 37.9 Å². The van der Waals surface area contributed by atoms with E-state index in [0.29, 0.717) is 22.1 Å². The maximum Gasteiger partial charge on any atom is 0.243 e. The summed E-state index contributed by atoms with van der Waals surface area (Å²) in [6.45, 7) is 1.92. The van der Waals surface area contributed by atoms with Crippen molar-refractivity contribution in [1.29, 1.82) is 0 Å². The van der Waals surface area contributed by atoms with Gasteiger partial charge in [-0.2, -0.15) is 0 Å². The first-order chi connectivity index (χ1) is 13.9. The van der Waals surface area contributed by atoms with E-state index in [4.69, 9.17) is 16.3 Å². The Hall–Kier alpha value is -3.06. The molecule has 2 N–H and O–H groups in total. The van der Waals surface area contributed by atoms with Crippen LogP contribution in [0.4, 0.5) is 11.4 Å². The number of hydrogen-bond donors (Lipinski definition) is 2. The van der Waals surface area contributed by atoms with Crippen LogP contribution in [0.5, 0.6) is 5.75 Å². The number of rotatable bonds is 6. The molecule has 0 aliphatic carbocycles. The van der Waals surface area contributed by atoms with Crippen LogP contribution in [0.15, 0.2) is 42.5 Å². The van der Waals surface area contributed by atoms with Gasteiger partial charge in [-0.3, -0.25) is 14.4 Å². The van der Waals surface area contributed by atoms with Gasteiger partial charge in [0.1, 0.15) is 5.75 Å². The minimum absolute atomic E-state index is 0.0738. The molecule has 1 saturated heterocycles. The number of methoxy groups -OCH3 is 1. The number of halogens is 1. The van der Waals surface area contributed by atoms with E-state index in [0.717, 1.165) is 5.56 Å². The summed E-state index contributed by atoms with van der Waals surface area (Å²) in [5, 5.41) is 5.78. The number of benzene rings is 2. The second-order valence-electron chi connectivity index (χ2n) is 6.83. The second-order valence-corrected chi connectivity index (χ2v) is 7.23. The summed E-state index contributed by atoms with van der Waals surface area (Å²) in [7, 11) is 1.52. The molecule has 1 unspecified atom stereocenters. The van der Waals surface area contributed by atoms with Crippen LogP contribution < -0.4 is 20.3 Å². The van der Waals surface area contributed by atoms with Gasteiger partial charge in [-0.1, -0.05) is 29.8 Å². The largest absolute Gasteiger partial charge is 0.495 e. The number of aryl methyl sites for hydroxylation is 1. The molecule has 152 valence electrons. The molecule has 29 heavy (non-hydrogen) atoms. The van der Waals surface area contributed by atoms with Crippen LogP contribution in [0, 0.1) is 12.8 Å². The summed E-state index contributed by atoms with van der Waals surface area (Å²) in [6.07, 6.45) is 0.0738. The normalized spacial score (nSPS) is 15.9. The highest BCUT2D eigenvalue weighted by Gasteiger charge is 2.35. The molecule has 0 spiro atoms. The lowest BCUT2D eigenvalue weighted by molar-refractivity contribution is -0.127. The third kappa shape index (κ3) is 4.86. The standard InChI is InChI=1S/C21H22ClN3O4/c1-13-7-8-18(29-2)16(9-13)24-19(26)11-23-21(28)14-10-20(27)25(12-14)17-6-4-3-5-15(17)22/h3-9,14H,10-12H2,1-2H3,(H,23,28)(H,24,26). The molecule has 3 rings (SSSR count). The zero-order valence-electron chi connectivity index (χ0n) is 16.2. The molecule has 2 aromatic carbocycles. The van der Waals surface area contributed by atoms with Gasteiger partial charge in [0.05, 0.1) is 36.0 Å². The van der Waals surface area contributed by atoms with Gasteiger partial charge >= 0.3 is 0 Å². The average molecular weight is 416 g/mol. The van der Waals surface area contributed by atoms with Crippen LogP contribution >= 0.6 is 11.6 Å². The number of hydrogen-bond acceptors (Lipinski definition) is 4. The van der Waals surface area contributed by atoms with Gasteiger partial charge in [-0.25, -0.2) is 0 Å². The number of carbonyl (C=O) groups is 3. The molecule has 3 amide bonds. The maximum absolute atomic E-state index is 12.5. The van der Waals surface area contributed by atoms with Crippen molar-refractivity contribution in [2.45, 2.75) is 13.3 Å². The van der Waals surface area contributed by atoms with Crippen molar-refractivity contribution in [2.24, 2.45) is 5.92 Å². The molecule has 8 heteroatoms. The summed E-state index contributed by atoms with van der Waals surface area (Å²) >= 11 is 6.15. The fourth-order valence-electron chi connectivity index (χ4n) is 3.21. The predicted octanol–water partition coefficient (Wildman–Crippen LogP) is 2.76. The topological polar surface area (TPSA) is 87.7 Å². The minimum Gasteiger partial charge on any atom is -0.495 e. The SMILES string of the molecule is COc1ccc(C)cc1NC(=O)CNC(=O)C1CC(=O)N(c2ccccc2Cl)C1. The molecular weight excluding hydrogens is 394 g/mol. The average Bonchev–Trinajstić information content (AvgIpc) is 3.08. The van der Waals surface area contributed by atoms with Crippen molar-refractivity contribution < 1.29 is 19.1 Å². The Morgan fingerprint density at radius 3 is 2.72 bits per heavy atom. The van der Waals surface area contributed by atoms with Gasteiger partial charge in [-0.15, -0.1) is 0 Å². The van der Waals surface area contributed by atoms with Crippen molar-refractivity contribution >= 4 is 40.7 Å². The fourth-order valence-corrected chi connectivity index (χ4v) is 3.45. The summed E-state index contributed by atoms with van der Waals surface area (Å²) < 4.78 is 5.23. The summed E-state index contributed by atoms with van der Waals surface area (Å²) in [5.74, 6) is -0.909. The number of nitrogens with one attached hydrogen (secondary N) is 2. The summed E-state index contributed by atoms with van der Waals surface area (Å²) in [6, 6.07) is 12.4. The molecule has 1 fully saturated rings. The van der Waals surface area contributed by atoms with Gasteiger partial charge in [0.2, 0.25) is 17.7 Å². The molecule has 0 radical (unpaired) electrons. The molecule has 0 bridgehead atoms. The maximum atomic E-state index is 12.5. The third-order valence-corrected chi connectivity index (χ3v) is 5.01. The van der Waals surface area contributed by atoms with Crippen LogP contribution in [0.3, 0.4) is 0 Å². The van der Waals surface area contributed by atoms with E-state index in [-0.39, 0.29) is 37.2 Å². The number of amides is 3. The Bertz CT molecular complexity index is 947. The quantitative estimate of drug-likeness (QED) is 0.759.